The smallest absolute Gasteiger partial charge is 0.224 e. The van der Waals surface area contributed by atoms with Crippen molar-refractivity contribution in [2.45, 2.75) is 19.3 Å². The Morgan fingerprint density at radius 3 is 2.95 bits per heavy atom. The molecular weight excluding hydrogens is 344 g/mol. The summed E-state index contributed by atoms with van der Waals surface area (Å²) in [6.45, 7) is 0. The van der Waals surface area contributed by atoms with Crippen LogP contribution in [0, 0.1) is 0 Å². The minimum absolute atomic E-state index is 0.0328. The quantitative estimate of drug-likeness (QED) is 0.636. The number of nitrogens with zero attached hydrogens (tertiary/aromatic N) is 3. The van der Waals surface area contributed by atoms with Gasteiger partial charge in [0.05, 0.1) is 11.4 Å². The molecule has 106 valence electrons. The molecule has 0 atom stereocenters. The Balaban J connectivity index is 2.14. The number of hydrogen-bond donors (Lipinski definition) is 1. The van der Waals surface area contributed by atoms with Crippen LogP contribution in [0.25, 0.3) is 5.69 Å². The lowest BCUT2D eigenvalue weighted by atomic mass is 10.2. The van der Waals surface area contributed by atoms with Gasteiger partial charge in [0.25, 0.3) is 0 Å². The molecule has 2 rings (SSSR count). The van der Waals surface area contributed by atoms with Gasteiger partial charge in [0.1, 0.15) is 12.7 Å². The molecule has 0 fully saturated rings. The molecular formula is C13H14BrClN4O. The molecule has 0 aliphatic rings. The summed E-state index contributed by atoms with van der Waals surface area (Å²) in [6.07, 6.45) is 5.31. The first-order valence-electron chi connectivity index (χ1n) is 6.21. The molecule has 0 spiro atoms. The largest absolute Gasteiger partial charge is 0.324 e. The van der Waals surface area contributed by atoms with Crippen LogP contribution in [0.2, 0.25) is 5.02 Å². The Labute approximate surface area is 130 Å². The summed E-state index contributed by atoms with van der Waals surface area (Å²) >= 11 is 9.33. The first-order chi connectivity index (χ1) is 9.70. The molecule has 7 heteroatoms. The van der Waals surface area contributed by atoms with Gasteiger partial charge in [-0.15, -0.1) is 0 Å². The Morgan fingerprint density at radius 2 is 2.25 bits per heavy atom. The third kappa shape index (κ3) is 4.05. The fourth-order valence-corrected chi connectivity index (χ4v) is 2.30. The van der Waals surface area contributed by atoms with Crippen molar-refractivity contribution in [1.29, 1.82) is 0 Å². The van der Waals surface area contributed by atoms with Gasteiger partial charge in [-0.25, -0.2) is 9.67 Å². The number of carbonyl (C=O) groups excluding carboxylic acids is 1. The number of rotatable bonds is 6. The topological polar surface area (TPSA) is 59.8 Å². The van der Waals surface area contributed by atoms with Crippen LogP contribution < -0.4 is 5.32 Å². The van der Waals surface area contributed by atoms with Crippen LogP contribution in [0.3, 0.4) is 0 Å². The van der Waals surface area contributed by atoms with Gasteiger partial charge in [-0.3, -0.25) is 4.79 Å². The van der Waals surface area contributed by atoms with E-state index in [9.17, 15) is 4.79 Å². The number of anilines is 1. The normalized spacial score (nSPS) is 10.5. The average Bonchev–Trinajstić information content (AvgIpc) is 2.93. The fourth-order valence-electron chi connectivity index (χ4n) is 1.73. The molecule has 0 aliphatic heterocycles. The summed E-state index contributed by atoms with van der Waals surface area (Å²) in [6, 6.07) is 5.26. The van der Waals surface area contributed by atoms with Gasteiger partial charge in [0, 0.05) is 16.8 Å². The van der Waals surface area contributed by atoms with E-state index in [4.69, 9.17) is 11.6 Å². The van der Waals surface area contributed by atoms with Crippen molar-refractivity contribution in [3.8, 4) is 5.69 Å². The SMILES string of the molecule is O=C(CCCCBr)Nc1cc(Cl)ccc1-n1cncn1. The van der Waals surface area contributed by atoms with Crippen molar-refractivity contribution in [1.82, 2.24) is 14.8 Å². The van der Waals surface area contributed by atoms with Gasteiger partial charge in [0.2, 0.25) is 5.91 Å². The number of unbranched alkanes of at least 4 members (excludes halogenated alkanes) is 1. The molecule has 1 heterocycles. The van der Waals surface area contributed by atoms with E-state index in [1.807, 2.05) is 0 Å². The minimum atomic E-state index is -0.0328. The van der Waals surface area contributed by atoms with Gasteiger partial charge < -0.3 is 5.32 Å². The van der Waals surface area contributed by atoms with E-state index in [-0.39, 0.29) is 5.91 Å². The predicted molar refractivity (Wildman–Crippen MR) is 82.6 cm³/mol. The molecule has 0 unspecified atom stereocenters. The maximum atomic E-state index is 11.9. The van der Waals surface area contributed by atoms with Crippen LogP contribution in [-0.2, 0) is 4.79 Å². The highest BCUT2D eigenvalue weighted by Crippen LogP contribution is 2.24. The third-order valence-electron chi connectivity index (χ3n) is 2.69. The summed E-state index contributed by atoms with van der Waals surface area (Å²) in [4.78, 5) is 15.8. The number of benzene rings is 1. The summed E-state index contributed by atoms with van der Waals surface area (Å²) in [5, 5.41) is 8.40. The van der Waals surface area contributed by atoms with Crippen LogP contribution in [-0.4, -0.2) is 26.0 Å². The number of hydrogen-bond acceptors (Lipinski definition) is 3. The highest BCUT2D eigenvalue weighted by Gasteiger charge is 2.09. The number of amides is 1. The van der Waals surface area contributed by atoms with E-state index in [1.165, 1.54) is 6.33 Å². The van der Waals surface area contributed by atoms with Crippen molar-refractivity contribution in [3.05, 3.63) is 35.9 Å². The van der Waals surface area contributed by atoms with Crippen molar-refractivity contribution in [2.75, 3.05) is 10.6 Å². The van der Waals surface area contributed by atoms with Crippen LogP contribution in [0.4, 0.5) is 5.69 Å². The number of alkyl halides is 1. The lowest BCUT2D eigenvalue weighted by Crippen LogP contribution is -2.13. The van der Waals surface area contributed by atoms with Gasteiger partial charge >= 0.3 is 0 Å². The number of carbonyl (C=O) groups is 1. The summed E-state index contributed by atoms with van der Waals surface area (Å²) in [5.41, 5.74) is 1.37. The minimum Gasteiger partial charge on any atom is -0.324 e. The zero-order valence-electron chi connectivity index (χ0n) is 10.7. The monoisotopic (exact) mass is 356 g/mol. The molecule has 1 amide bonds. The Kier molecular flexibility index (Phi) is 5.55. The average molecular weight is 358 g/mol. The molecule has 5 nitrogen and oxygen atoms in total. The van der Waals surface area contributed by atoms with Gasteiger partial charge in [0.15, 0.2) is 0 Å². The fraction of sp³-hybridized carbons (Fsp3) is 0.308. The van der Waals surface area contributed by atoms with E-state index >= 15 is 0 Å². The number of halogens is 2. The molecule has 1 aromatic carbocycles. The van der Waals surface area contributed by atoms with E-state index in [1.54, 1.807) is 29.2 Å². The van der Waals surface area contributed by atoms with E-state index < -0.39 is 0 Å². The second-order valence-corrected chi connectivity index (χ2v) is 5.43. The second-order valence-electron chi connectivity index (χ2n) is 4.20. The first-order valence-corrected chi connectivity index (χ1v) is 7.71. The standard InChI is InChI=1S/C13H14BrClN4O/c14-6-2-1-3-13(20)18-11-7-10(15)4-5-12(11)19-9-16-8-17-19/h4-5,7-9H,1-3,6H2,(H,18,20). The van der Waals surface area contributed by atoms with Crippen molar-refractivity contribution < 1.29 is 4.79 Å². The molecule has 0 aliphatic carbocycles. The summed E-state index contributed by atoms with van der Waals surface area (Å²) in [7, 11) is 0. The van der Waals surface area contributed by atoms with Crippen LogP contribution in [0.5, 0.6) is 0 Å². The van der Waals surface area contributed by atoms with Crippen LogP contribution in [0.1, 0.15) is 19.3 Å². The van der Waals surface area contributed by atoms with E-state index in [2.05, 4.69) is 31.3 Å². The number of nitrogens with one attached hydrogen (secondary N) is 1. The van der Waals surface area contributed by atoms with Crippen molar-refractivity contribution in [3.63, 3.8) is 0 Å². The first kappa shape index (κ1) is 15.0. The Morgan fingerprint density at radius 1 is 1.40 bits per heavy atom. The molecule has 0 saturated heterocycles. The lowest BCUT2D eigenvalue weighted by molar-refractivity contribution is -0.116. The maximum Gasteiger partial charge on any atom is 0.224 e. The Bertz CT molecular complexity index is 574. The number of aromatic nitrogens is 3. The zero-order valence-corrected chi connectivity index (χ0v) is 13.1. The molecule has 0 radical (unpaired) electrons. The maximum absolute atomic E-state index is 11.9. The van der Waals surface area contributed by atoms with Gasteiger partial charge in [-0.05, 0) is 31.0 Å². The molecule has 0 saturated carbocycles. The second kappa shape index (κ2) is 7.40. The van der Waals surface area contributed by atoms with Crippen molar-refractivity contribution in [2.24, 2.45) is 0 Å². The van der Waals surface area contributed by atoms with Crippen molar-refractivity contribution >= 4 is 39.1 Å². The summed E-state index contributed by atoms with van der Waals surface area (Å²) in [5.74, 6) is -0.0328. The zero-order chi connectivity index (χ0) is 14.4. The van der Waals surface area contributed by atoms with Crippen LogP contribution >= 0.6 is 27.5 Å². The molecule has 1 N–H and O–H groups in total. The molecule has 0 bridgehead atoms. The third-order valence-corrected chi connectivity index (χ3v) is 3.48. The lowest BCUT2D eigenvalue weighted by Gasteiger charge is -2.11. The predicted octanol–water partition coefficient (Wildman–Crippen LogP) is 3.42. The molecule has 2 aromatic rings. The summed E-state index contributed by atoms with van der Waals surface area (Å²) < 4.78 is 1.59. The highest BCUT2D eigenvalue weighted by atomic mass is 79.9. The van der Waals surface area contributed by atoms with E-state index in [0.29, 0.717) is 17.1 Å². The van der Waals surface area contributed by atoms with Gasteiger partial charge in [-0.1, -0.05) is 27.5 Å². The molecule has 20 heavy (non-hydrogen) atoms. The Hall–Kier alpha value is -1.40. The van der Waals surface area contributed by atoms with Crippen LogP contribution in [0.15, 0.2) is 30.9 Å². The molecule has 1 aromatic heterocycles. The highest BCUT2D eigenvalue weighted by molar-refractivity contribution is 9.09. The van der Waals surface area contributed by atoms with Gasteiger partial charge in [-0.2, -0.15) is 5.10 Å². The van der Waals surface area contributed by atoms with E-state index in [0.717, 1.165) is 23.9 Å².